The zero-order valence-corrected chi connectivity index (χ0v) is 7.58. The first-order chi connectivity index (χ1) is 5.74. The number of ether oxygens (including phenoxy) is 1. The van der Waals surface area contributed by atoms with Gasteiger partial charge in [0, 0.05) is 6.04 Å². The third kappa shape index (κ3) is 2.48. The van der Waals surface area contributed by atoms with Crippen LogP contribution in [-0.2, 0) is 9.53 Å². The Bertz CT molecular complexity index is 153. The Morgan fingerprint density at radius 2 is 2.17 bits per heavy atom. The van der Waals surface area contributed by atoms with Gasteiger partial charge in [-0.1, -0.05) is 12.8 Å². The molecule has 0 heterocycles. The molecule has 0 spiro atoms. The van der Waals surface area contributed by atoms with Crippen LogP contribution in [0.25, 0.3) is 0 Å². The molecule has 1 saturated carbocycles. The minimum atomic E-state index is -0.186. The van der Waals surface area contributed by atoms with Gasteiger partial charge >= 0.3 is 5.97 Å². The SMILES string of the molecule is COC(=O)C[C@H](N)C1CCCC1. The molecule has 0 aliphatic heterocycles. The maximum atomic E-state index is 10.9. The van der Waals surface area contributed by atoms with E-state index in [0.29, 0.717) is 12.3 Å². The van der Waals surface area contributed by atoms with Gasteiger partial charge < -0.3 is 10.5 Å². The molecule has 0 aromatic carbocycles. The molecule has 0 aromatic rings. The minimum absolute atomic E-state index is 0.0138. The number of hydrogen-bond acceptors (Lipinski definition) is 3. The Morgan fingerprint density at radius 3 is 2.67 bits per heavy atom. The molecule has 0 bridgehead atoms. The van der Waals surface area contributed by atoms with Crippen molar-refractivity contribution in [2.75, 3.05) is 7.11 Å². The van der Waals surface area contributed by atoms with Gasteiger partial charge in [-0.2, -0.15) is 0 Å². The second-order valence-corrected chi connectivity index (χ2v) is 3.49. The van der Waals surface area contributed by atoms with E-state index in [-0.39, 0.29) is 12.0 Å². The highest BCUT2D eigenvalue weighted by Crippen LogP contribution is 2.27. The summed E-state index contributed by atoms with van der Waals surface area (Å²) in [4.78, 5) is 10.9. The second kappa shape index (κ2) is 4.45. The Kier molecular flexibility index (Phi) is 3.53. The van der Waals surface area contributed by atoms with E-state index in [1.807, 2.05) is 0 Å². The van der Waals surface area contributed by atoms with Gasteiger partial charge in [0.2, 0.25) is 0 Å². The summed E-state index contributed by atoms with van der Waals surface area (Å²) >= 11 is 0. The van der Waals surface area contributed by atoms with Crippen LogP contribution in [0, 0.1) is 5.92 Å². The third-order valence-corrected chi connectivity index (χ3v) is 2.64. The first-order valence-corrected chi connectivity index (χ1v) is 4.56. The molecule has 0 unspecified atom stereocenters. The van der Waals surface area contributed by atoms with Gasteiger partial charge in [0.05, 0.1) is 13.5 Å². The van der Waals surface area contributed by atoms with Gasteiger partial charge in [-0.05, 0) is 18.8 Å². The molecule has 1 fully saturated rings. The van der Waals surface area contributed by atoms with E-state index >= 15 is 0 Å². The molecular formula is C9H17NO2. The quantitative estimate of drug-likeness (QED) is 0.646. The fourth-order valence-electron chi connectivity index (χ4n) is 1.83. The number of methoxy groups -OCH3 is 1. The number of carbonyl (C=O) groups excluding carboxylic acids is 1. The number of esters is 1. The zero-order valence-electron chi connectivity index (χ0n) is 7.58. The molecule has 12 heavy (non-hydrogen) atoms. The molecule has 0 aromatic heterocycles. The summed E-state index contributed by atoms with van der Waals surface area (Å²) in [6.45, 7) is 0. The highest BCUT2D eigenvalue weighted by atomic mass is 16.5. The smallest absolute Gasteiger partial charge is 0.307 e. The molecule has 2 N–H and O–H groups in total. The first-order valence-electron chi connectivity index (χ1n) is 4.56. The standard InChI is InChI=1S/C9H17NO2/c1-12-9(11)6-8(10)7-4-2-3-5-7/h7-8H,2-6,10H2,1H3/t8-/m0/s1. The van der Waals surface area contributed by atoms with E-state index in [1.54, 1.807) is 0 Å². The van der Waals surface area contributed by atoms with Gasteiger partial charge in [0.1, 0.15) is 0 Å². The molecule has 1 aliphatic carbocycles. The average molecular weight is 171 g/mol. The number of rotatable bonds is 3. The normalized spacial score (nSPS) is 20.8. The zero-order chi connectivity index (χ0) is 8.97. The number of carbonyl (C=O) groups is 1. The lowest BCUT2D eigenvalue weighted by Crippen LogP contribution is -2.31. The Labute approximate surface area is 73.3 Å². The fraction of sp³-hybridized carbons (Fsp3) is 0.889. The summed E-state index contributed by atoms with van der Waals surface area (Å²) in [6.07, 6.45) is 5.26. The van der Waals surface area contributed by atoms with Crippen molar-refractivity contribution < 1.29 is 9.53 Å². The summed E-state index contributed by atoms with van der Waals surface area (Å²) in [7, 11) is 1.41. The van der Waals surface area contributed by atoms with Gasteiger partial charge in [0.15, 0.2) is 0 Å². The van der Waals surface area contributed by atoms with Gasteiger partial charge in [-0.25, -0.2) is 0 Å². The molecule has 0 amide bonds. The Balaban J connectivity index is 2.26. The van der Waals surface area contributed by atoms with Crippen molar-refractivity contribution in [3.8, 4) is 0 Å². The molecule has 0 radical (unpaired) electrons. The molecule has 1 rings (SSSR count). The molecule has 1 aliphatic rings. The van der Waals surface area contributed by atoms with Crippen LogP contribution in [0.4, 0.5) is 0 Å². The van der Waals surface area contributed by atoms with Crippen LogP contribution in [0.2, 0.25) is 0 Å². The minimum Gasteiger partial charge on any atom is -0.469 e. The maximum absolute atomic E-state index is 10.9. The van der Waals surface area contributed by atoms with Crippen molar-refractivity contribution in [1.29, 1.82) is 0 Å². The van der Waals surface area contributed by atoms with Crippen molar-refractivity contribution in [1.82, 2.24) is 0 Å². The average Bonchev–Trinajstić information content (AvgIpc) is 2.56. The lowest BCUT2D eigenvalue weighted by molar-refractivity contribution is -0.141. The Morgan fingerprint density at radius 1 is 1.58 bits per heavy atom. The van der Waals surface area contributed by atoms with Crippen LogP contribution in [0.15, 0.2) is 0 Å². The monoisotopic (exact) mass is 171 g/mol. The van der Waals surface area contributed by atoms with E-state index in [4.69, 9.17) is 5.73 Å². The van der Waals surface area contributed by atoms with Crippen LogP contribution in [-0.4, -0.2) is 19.1 Å². The first kappa shape index (κ1) is 9.52. The number of hydrogen-bond donors (Lipinski definition) is 1. The third-order valence-electron chi connectivity index (χ3n) is 2.64. The maximum Gasteiger partial charge on any atom is 0.307 e. The summed E-state index contributed by atoms with van der Waals surface area (Å²) in [5.41, 5.74) is 5.85. The summed E-state index contributed by atoms with van der Waals surface area (Å²) in [5.74, 6) is 0.360. The second-order valence-electron chi connectivity index (χ2n) is 3.49. The lowest BCUT2D eigenvalue weighted by atomic mass is 9.96. The van der Waals surface area contributed by atoms with E-state index in [2.05, 4.69) is 4.74 Å². The van der Waals surface area contributed by atoms with Gasteiger partial charge in [-0.3, -0.25) is 4.79 Å². The Hall–Kier alpha value is -0.570. The van der Waals surface area contributed by atoms with Crippen LogP contribution < -0.4 is 5.73 Å². The molecule has 1 atom stereocenters. The van der Waals surface area contributed by atoms with Crippen molar-refractivity contribution >= 4 is 5.97 Å². The van der Waals surface area contributed by atoms with Crippen LogP contribution >= 0.6 is 0 Å². The van der Waals surface area contributed by atoms with E-state index in [1.165, 1.54) is 32.8 Å². The number of nitrogens with two attached hydrogens (primary N) is 1. The summed E-state index contributed by atoms with van der Waals surface area (Å²) in [6, 6.07) is 0.0138. The van der Waals surface area contributed by atoms with E-state index in [0.717, 1.165) is 0 Å². The van der Waals surface area contributed by atoms with Crippen molar-refractivity contribution in [2.45, 2.75) is 38.1 Å². The van der Waals surface area contributed by atoms with Crippen LogP contribution in [0.1, 0.15) is 32.1 Å². The van der Waals surface area contributed by atoms with E-state index < -0.39 is 0 Å². The topological polar surface area (TPSA) is 52.3 Å². The van der Waals surface area contributed by atoms with Crippen molar-refractivity contribution in [3.05, 3.63) is 0 Å². The molecule has 0 saturated heterocycles. The summed E-state index contributed by atoms with van der Waals surface area (Å²) in [5, 5.41) is 0. The van der Waals surface area contributed by atoms with Crippen LogP contribution in [0.3, 0.4) is 0 Å². The van der Waals surface area contributed by atoms with Crippen LogP contribution in [0.5, 0.6) is 0 Å². The van der Waals surface area contributed by atoms with E-state index in [9.17, 15) is 4.79 Å². The fourth-order valence-corrected chi connectivity index (χ4v) is 1.83. The predicted octanol–water partition coefficient (Wildman–Crippen LogP) is 1.07. The lowest BCUT2D eigenvalue weighted by Gasteiger charge is -2.16. The highest BCUT2D eigenvalue weighted by molar-refractivity contribution is 5.69. The molecule has 3 heteroatoms. The van der Waals surface area contributed by atoms with Gasteiger partial charge in [-0.15, -0.1) is 0 Å². The van der Waals surface area contributed by atoms with Gasteiger partial charge in [0.25, 0.3) is 0 Å². The van der Waals surface area contributed by atoms with Crippen molar-refractivity contribution in [3.63, 3.8) is 0 Å². The molecular weight excluding hydrogens is 154 g/mol. The van der Waals surface area contributed by atoms with Crippen molar-refractivity contribution in [2.24, 2.45) is 11.7 Å². The highest BCUT2D eigenvalue weighted by Gasteiger charge is 2.23. The molecule has 3 nitrogen and oxygen atoms in total. The predicted molar refractivity (Wildman–Crippen MR) is 46.6 cm³/mol. The largest absolute Gasteiger partial charge is 0.469 e. The molecule has 70 valence electrons. The summed E-state index contributed by atoms with van der Waals surface area (Å²) < 4.78 is 4.56.